The summed E-state index contributed by atoms with van der Waals surface area (Å²) in [6.45, 7) is 0.190. The molecule has 0 aliphatic carbocycles. The average molecular weight is 352 g/mol. The number of rotatable bonds is 7. The molecule has 0 fully saturated rings. The summed E-state index contributed by atoms with van der Waals surface area (Å²) in [6, 6.07) is 16.2. The molecular formula is C20H20N2O4. The Labute approximate surface area is 150 Å². The first-order chi connectivity index (χ1) is 12.6. The number of H-pyrrole nitrogens is 1. The molecule has 0 radical (unpaired) electrons. The van der Waals surface area contributed by atoms with Crippen molar-refractivity contribution < 1.29 is 19.4 Å². The summed E-state index contributed by atoms with van der Waals surface area (Å²) in [7, 11) is 0. The van der Waals surface area contributed by atoms with E-state index in [1.165, 1.54) is 0 Å². The molecule has 0 bridgehead atoms. The van der Waals surface area contributed by atoms with E-state index in [4.69, 9.17) is 4.74 Å². The first-order valence-electron chi connectivity index (χ1n) is 8.38. The zero-order chi connectivity index (χ0) is 18.4. The Balaban J connectivity index is 1.56. The van der Waals surface area contributed by atoms with Gasteiger partial charge in [0.25, 0.3) is 0 Å². The third-order valence-electron chi connectivity index (χ3n) is 4.16. The minimum atomic E-state index is -1.10. The lowest BCUT2D eigenvalue weighted by Crippen LogP contribution is -2.42. The first-order valence-corrected chi connectivity index (χ1v) is 8.38. The molecule has 6 nitrogen and oxygen atoms in total. The molecule has 2 aromatic carbocycles. The average Bonchev–Trinajstić information content (AvgIpc) is 3.05. The third-order valence-corrected chi connectivity index (χ3v) is 4.16. The smallest absolute Gasteiger partial charge is 0.407 e. The van der Waals surface area contributed by atoms with E-state index in [2.05, 4.69) is 10.3 Å². The molecule has 0 aliphatic rings. The van der Waals surface area contributed by atoms with Crippen molar-refractivity contribution in [3.8, 4) is 0 Å². The van der Waals surface area contributed by atoms with Gasteiger partial charge in [-0.15, -0.1) is 0 Å². The molecule has 0 saturated heterocycles. The lowest BCUT2D eigenvalue weighted by Gasteiger charge is -2.14. The Hall–Kier alpha value is -3.28. The highest BCUT2D eigenvalue weighted by Gasteiger charge is 2.22. The van der Waals surface area contributed by atoms with Gasteiger partial charge in [0.2, 0.25) is 0 Å². The van der Waals surface area contributed by atoms with Crippen LogP contribution in [0.4, 0.5) is 4.79 Å². The molecule has 3 N–H and O–H groups in total. The number of carbonyl (C=O) groups is 2. The van der Waals surface area contributed by atoms with Crippen molar-refractivity contribution in [2.75, 3.05) is 6.61 Å². The van der Waals surface area contributed by atoms with Gasteiger partial charge in [-0.1, -0.05) is 48.5 Å². The fourth-order valence-electron chi connectivity index (χ4n) is 2.81. The summed E-state index contributed by atoms with van der Waals surface area (Å²) in [5, 5.41) is 12.8. The second-order valence-electron chi connectivity index (χ2n) is 5.97. The normalized spacial score (nSPS) is 11.8. The van der Waals surface area contributed by atoms with Gasteiger partial charge in [-0.05, 0) is 17.2 Å². The Kier molecular flexibility index (Phi) is 5.53. The zero-order valence-electron chi connectivity index (χ0n) is 14.1. The fourth-order valence-corrected chi connectivity index (χ4v) is 2.81. The van der Waals surface area contributed by atoms with Crippen molar-refractivity contribution in [3.05, 3.63) is 71.9 Å². The maximum Gasteiger partial charge on any atom is 0.407 e. The molecule has 1 atom stereocenters. The predicted molar refractivity (Wildman–Crippen MR) is 98.1 cm³/mol. The number of aliphatic carboxylic acids is 1. The Bertz CT molecular complexity index is 889. The van der Waals surface area contributed by atoms with Crippen molar-refractivity contribution in [2.45, 2.75) is 18.9 Å². The van der Waals surface area contributed by atoms with Crippen molar-refractivity contribution in [2.24, 2.45) is 0 Å². The molecular weight excluding hydrogens is 332 g/mol. The molecule has 0 saturated carbocycles. The topological polar surface area (TPSA) is 91.4 Å². The highest BCUT2D eigenvalue weighted by atomic mass is 16.5. The second kappa shape index (κ2) is 8.20. The van der Waals surface area contributed by atoms with Gasteiger partial charge in [0.15, 0.2) is 0 Å². The highest BCUT2D eigenvalue weighted by molar-refractivity contribution is 5.85. The summed E-state index contributed by atoms with van der Waals surface area (Å²) in [5.74, 6) is -1.10. The number of carbonyl (C=O) groups excluding carboxylic acids is 1. The van der Waals surface area contributed by atoms with Gasteiger partial charge >= 0.3 is 12.1 Å². The number of amides is 1. The number of fused-ring (bicyclic) bond motifs is 1. The van der Waals surface area contributed by atoms with Crippen molar-refractivity contribution in [1.29, 1.82) is 0 Å². The Morgan fingerprint density at radius 3 is 2.58 bits per heavy atom. The molecule has 0 unspecified atom stereocenters. The highest BCUT2D eigenvalue weighted by Crippen LogP contribution is 2.19. The van der Waals surface area contributed by atoms with Crippen molar-refractivity contribution in [1.82, 2.24) is 10.3 Å². The van der Waals surface area contributed by atoms with Gasteiger partial charge in [0.05, 0.1) is 6.61 Å². The molecule has 3 rings (SSSR count). The van der Waals surface area contributed by atoms with Gasteiger partial charge in [-0.2, -0.15) is 0 Å². The summed E-state index contributed by atoms with van der Waals surface area (Å²) < 4.78 is 5.11. The lowest BCUT2D eigenvalue weighted by molar-refractivity contribution is -0.139. The van der Waals surface area contributed by atoms with Crippen LogP contribution in [-0.2, 0) is 22.4 Å². The number of para-hydroxylation sites is 1. The van der Waals surface area contributed by atoms with Crippen LogP contribution >= 0.6 is 0 Å². The van der Waals surface area contributed by atoms with E-state index >= 15 is 0 Å². The zero-order valence-corrected chi connectivity index (χ0v) is 14.1. The van der Waals surface area contributed by atoms with Crippen molar-refractivity contribution in [3.63, 3.8) is 0 Å². The number of ether oxygens (including phenoxy) is 1. The molecule has 134 valence electrons. The number of nitrogens with one attached hydrogen (secondary N) is 2. The van der Waals surface area contributed by atoms with Gasteiger partial charge in [0.1, 0.15) is 6.04 Å². The van der Waals surface area contributed by atoms with Crippen LogP contribution in [0.1, 0.15) is 11.1 Å². The van der Waals surface area contributed by atoms with Crippen LogP contribution in [-0.4, -0.2) is 34.8 Å². The minimum absolute atomic E-state index is 0.174. The van der Waals surface area contributed by atoms with E-state index in [1.807, 2.05) is 54.6 Å². The second-order valence-corrected chi connectivity index (χ2v) is 5.97. The number of aromatic nitrogens is 1. The maximum atomic E-state index is 11.9. The standard InChI is InChI=1S/C20H20N2O4/c23-19(24)18(12-15-13-21-17-9-5-4-8-16(15)17)22-20(25)26-11-10-14-6-2-1-3-7-14/h1-9,13,18,21H,10-12H2,(H,22,25)(H,23,24)/t18-/m0/s1. The van der Waals surface area contributed by atoms with Crippen LogP contribution in [0.15, 0.2) is 60.8 Å². The van der Waals surface area contributed by atoms with Gasteiger partial charge < -0.3 is 20.1 Å². The van der Waals surface area contributed by atoms with Gasteiger partial charge in [-0.25, -0.2) is 9.59 Å². The van der Waals surface area contributed by atoms with Crippen LogP contribution < -0.4 is 5.32 Å². The van der Waals surface area contributed by atoms with E-state index in [0.717, 1.165) is 22.0 Å². The Morgan fingerprint density at radius 1 is 1.08 bits per heavy atom. The Morgan fingerprint density at radius 2 is 1.81 bits per heavy atom. The third kappa shape index (κ3) is 4.42. The lowest BCUT2D eigenvalue weighted by atomic mass is 10.1. The number of carboxylic acids is 1. The van der Waals surface area contributed by atoms with Crippen LogP contribution in [0.25, 0.3) is 10.9 Å². The molecule has 1 heterocycles. The van der Waals surface area contributed by atoms with Crippen LogP contribution in [0, 0.1) is 0 Å². The molecule has 26 heavy (non-hydrogen) atoms. The van der Waals surface area contributed by atoms with E-state index in [1.54, 1.807) is 6.20 Å². The largest absolute Gasteiger partial charge is 0.480 e. The van der Waals surface area contributed by atoms with Crippen LogP contribution in [0.5, 0.6) is 0 Å². The quantitative estimate of drug-likeness (QED) is 0.609. The monoisotopic (exact) mass is 352 g/mol. The number of benzene rings is 2. The van der Waals surface area contributed by atoms with Crippen molar-refractivity contribution >= 4 is 23.0 Å². The van der Waals surface area contributed by atoms with E-state index in [9.17, 15) is 14.7 Å². The minimum Gasteiger partial charge on any atom is -0.480 e. The maximum absolute atomic E-state index is 11.9. The molecule has 3 aromatic rings. The van der Waals surface area contributed by atoms with Gasteiger partial charge in [-0.3, -0.25) is 0 Å². The molecule has 1 aromatic heterocycles. The fraction of sp³-hybridized carbons (Fsp3) is 0.200. The summed E-state index contributed by atoms with van der Waals surface area (Å²) in [6.07, 6.45) is 1.79. The van der Waals surface area contributed by atoms with Crippen LogP contribution in [0.3, 0.4) is 0 Å². The van der Waals surface area contributed by atoms with Crippen LogP contribution in [0.2, 0.25) is 0 Å². The SMILES string of the molecule is O=C(N[C@@H](Cc1c[nH]c2ccccc12)C(=O)O)OCCc1ccccc1. The first kappa shape index (κ1) is 17.5. The predicted octanol–water partition coefficient (Wildman–Crippen LogP) is 3.13. The van der Waals surface area contributed by atoms with Gasteiger partial charge in [0, 0.05) is 29.9 Å². The molecule has 6 heteroatoms. The van der Waals surface area contributed by atoms with E-state index in [-0.39, 0.29) is 13.0 Å². The molecule has 0 spiro atoms. The molecule has 1 amide bonds. The number of alkyl carbamates (subject to hydrolysis) is 1. The number of aromatic amines is 1. The van der Waals surface area contributed by atoms with E-state index < -0.39 is 18.1 Å². The summed E-state index contributed by atoms with van der Waals surface area (Å²) >= 11 is 0. The number of hydrogen-bond acceptors (Lipinski definition) is 3. The summed E-state index contributed by atoms with van der Waals surface area (Å²) in [4.78, 5) is 26.5. The van der Waals surface area contributed by atoms with E-state index in [0.29, 0.717) is 6.42 Å². The number of carboxylic acid groups (broad SMARTS) is 1. The molecule has 0 aliphatic heterocycles. The summed E-state index contributed by atoms with van der Waals surface area (Å²) in [5.41, 5.74) is 2.81. The number of hydrogen-bond donors (Lipinski definition) is 3.